The third-order valence-electron chi connectivity index (χ3n) is 12.0. The summed E-state index contributed by atoms with van der Waals surface area (Å²) in [6.07, 6.45) is -9.14. The molecule has 1 aromatic heterocycles. The standard InChI is InChI=1S/C49H62N12O28/c1-17(53-43(82)24(9-32(64)65)57-46(85)27(12-35(70)71)59-45(84)26(11-34(68)69)56-41(80)21(50)8-31(62)63)39(78)54-23(7-19-16-51-22-6-4-3-5-20(19)22)42(81)52-18(2)40(79)55-25(10-33(66)67)44(83)58-28(13-36(72)73)47(86)60-29(14-37(74)75)48(87)61-30(49(88)89)15-38(76)77/h3-6,16-18,21,23-30,51H,7-15,50H2,1-2H3,(H,52,81)(H,53,82)(H,54,78)(H,55,79)(H,56,80)(H,57,85)(H,58,83)(H,59,84)(H,60,86)(H,61,87)(H,62,63)(H,64,65)(H,66,67)(H,68,69)(H,70,71)(H,72,73)(H,74,75)(H,76,77)(H,88,89)/t17-,18-,21-,23-,24-,25-,26-,27-,28-,29-,30-/m0/s1. The van der Waals surface area contributed by atoms with Gasteiger partial charge < -0.3 is 110 Å². The average molecular weight is 1270 g/mol. The molecular formula is C49H62N12O28. The molecule has 40 heteroatoms. The minimum Gasteiger partial charge on any atom is -0.481 e. The first kappa shape index (κ1) is 73.8. The van der Waals surface area contributed by atoms with Gasteiger partial charge in [0.05, 0.1) is 57.4 Å². The number of carbonyl (C=O) groups excluding carboxylic acids is 10. The summed E-state index contributed by atoms with van der Waals surface area (Å²) in [7, 11) is 0. The maximum Gasteiger partial charge on any atom is 0.326 e. The molecule has 2 rings (SSSR count). The number of aromatic amines is 1. The Labute approximate surface area is 497 Å². The summed E-state index contributed by atoms with van der Waals surface area (Å²) in [4.78, 5) is 241. The van der Waals surface area contributed by atoms with Crippen LogP contribution in [0.1, 0.15) is 70.8 Å². The fraction of sp³-hybridized carbons (Fsp3) is 0.449. The van der Waals surface area contributed by atoms with Crippen molar-refractivity contribution in [3.05, 3.63) is 36.0 Å². The Hall–Kier alpha value is -11.3. The van der Waals surface area contributed by atoms with E-state index in [1.165, 1.54) is 6.20 Å². The van der Waals surface area contributed by atoms with Crippen LogP contribution in [-0.2, 0) is 97.5 Å². The third-order valence-corrected chi connectivity index (χ3v) is 12.0. The molecule has 0 unspecified atom stereocenters. The second-order valence-corrected chi connectivity index (χ2v) is 19.2. The first-order valence-electron chi connectivity index (χ1n) is 25.7. The molecule has 40 nitrogen and oxygen atoms in total. The Balaban J connectivity index is 2.42. The fourth-order valence-electron chi connectivity index (χ4n) is 7.68. The molecule has 1 aromatic carbocycles. The Kier molecular flexibility index (Phi) is 28.6. The van der Waals surface area contributed by atoms with E-state index in [1.54, 1.807) is 34.9 Å². The largest absolute Gasteiger partial charge is 0.481 e. The SMILES string of the molecule is C[C@H](NC(=O)[C@H](Cc1c[nH]c2ccccc12)NC(=O)[C@H](C)NC(=O)[C@H](CC(=O)O)NC(=O)[C@H](CC(=O)O)NC(=O)[C@H](CC(=O)O)NC(=O)[C@@H](N)CC(=O)O)C(=O)N[C@@H](CC(=O)O)C(=O)N[C@@H](CC(=O)O)C(=O)N[C@@H](CC(=O)O)C(=O)N[C@@H](CC(=O)O)C(=O)O. The quantitative estimate of drug-likeness (QED) is 0.0296. The molecule has 0 aliphatic heterocycles. The summed E-state index contributed by atoms with van der Waals surface area (Å²) in [5, 5.41) is 104. The minimum atomic E-state index is -2.32. The van der Waals surface area contributed by atoms with Crippen molar-refractivity contribution < 1.29 is 137 Å². The second-order valence-electron chi connectivity index (χ2n) is 19.2. The van der Waals surface area contributed by atoms with Gasteiger partial charge in [0.2, 0.25) is 59.1 Å². The van der Waals surface area contributed by atoms with Crippen molar-refractivity contribution >= 4 is 124 Å². The molecule has 0 aliphatic carbocycles. The minimum absolute atomic E-state index is 0.330. The number of aromatic nitrogens is 1. The lowest BCUT2D eigenvalue weighted by Gasteiger charge is -2.26. The van der Waals surface area contributed by atoms with Crippen LogP contribution in [0.15, 0.2) is 30.5 Å². The van der Waals surface area contributed by atoms with Crippen molar-refractivity contribution in [1.82, 2.24) is 58.2 Å². The first-order chi connectivity index (χ1) is 41.4. The maximum atomic E-state index is 14.1. The van der Waals surface area contributed by atoms with E-state index in [-0.39, 0.29) is 0 Å². The molecule has 89 heavy (non-hydrogen) atoms. The van der Waals surface area contributed by atoms with Gasteiger partial charge in [-0.05, 0) is 25.5 Å². The molecule has 0 fully saturated rings. The van der Waals surface area contributed by atoms with Crippen molar-refractivity contribution in [2.75, 3.05) is 0 Å². The topological polar surface area (TPSA) is 669 Å². The van der Waals surface area contributed by atoms with Crippen LogP contribution >= 0.6 is 0 Å². The van der Waals surface area contributed by atoms with E-state index in [9.17, 15) is 127 Å². The van der Waals surface area contributed by atoms with E-state index in [0.29, 0.717) is 16.5 Å². The van der Waals surface area contributed by atoms with Gasteiger partial charge in [0.15, 0.2) is 0 Å². The zero-order chi connectivity index (χ0) is 67.7. The molecule has 0 saturated heterocycles. The lowest BCUT2D eigenvalue weighted by Crippen LogP contribution is -2.61. The van der Waals surface area contributed by atoms with Crippen molar-refractivity contribution in [2.24, 2.45) is 5.73 Å². The Morgan fingerprint density at radius 2 is 0.607 bits per heavy atom. The van der Waals surface area contributed by atoms with Crippen LogP contribution in [0.2, 0.25) is 0 Å². The van der Waals surface area contributed by atoms with Crippen LogP contribution < -0.4 is 58.9 Å². The molecule has 1 heterocycles. The molecule has 2 aromatic rings. The lowest BCUT2D eigenvalue weighted by molar-refractivity contribution is -0.148. The van der Waals surface area contributed by atoms with Crippen molar-refractivity contribution in [1.29, 1.82) is 0 Å². The highest BCUT2D eigenvalue weighted by atomic mass is 16.4. The number of nitrogens with one attached hydrogen (secondary N) is 11. The van der Waals surface area contributed by atoms with E-state index in [2.05, 4.69) is 20.9 Å². The summed E-state index contributed by atoms with van der Waals surface area (Å²) in [5.74, 6) is -30.7. The van der Waals surface area contributed by atoms with E-state index in [4.69, 9.17) is 15.9 Å². The Morgan fingerprint density at radius 3 is 0.933 bits per heavy atom. The van der Waals surface area contributed by atoms with Crippen LogP contribution in [0.3, 0.4) is 0 Å². The molecule has 10 amide bonds. The summed E-state index contributed by atoms with van der Waals surface area (Å²) < 4.78 is 0. The molecular weight excluding hydrogens is 1200 g/mol. The molecule has 0 bridgehead atoms. The second kappa shape index (κ2) is 34.6. The number of carboxylic acid groups (broad SMARTS) is 9. The van der Waals surface area contributed by atoms with Gasteiger partial charge in [-0.15, -0.1) is 0 Å². The number of hydrogen-bond acceptors (Lipinski definition) is 20. The number of carboxylic acids is 9. The van der Waals surface area contributed by atoms with Crippen molar-refractivity contribution in [2.45, 2.75) is 138 Å². The average Bonchev–Trinajstić information content (AvgIpc) is 2.56. The molecule has 0 saturated carbocycles. The van der Waals surface area contributed by atoms with Gasteiger partial charge in [0.25, 0.3) is 0 Å². The number of hydrogen-bond donors (Lipinski definition) is 21. The summed E-state index contributed by atoms with van der Waals surface area (Å²) in [5.41, 5.74) is 6.30. The third kappa shape index (κ3) is 25.8. The van der Waals surface area contributed by atoms with Gasteiger partial charge >= 0.3 is 53.7 Å². The summed E-state index contributed by atoms with van der Waals surface area (Å²) >= 11 is 0. The van der Waals surface area contributed by atoms with Crippen LogP contribution in [0.4, 0.5) is 0 Å². The number of H-pyrrole nitrogens is 1. The van der Waals surface area contributed by atoms with Crippen molar-refractivity contribution in [3.63, 3.8) is 0 Å². The molecule has 11 atom stereocenters. The number of amides is 10. The number of carbonyl (C=O) groups is 19. The number of aliphatic carboxylic acids is 9. The van der Waals surface area contributed by atoms with Crippen LogP contribution in [0.25, 0.3) is 10.9 Å². The molecule has 0 spiro atoms. The predicted molar refractivity (Wildman–Crippen MR) is 286 cm³/mol. The smallest absolute Gasteiger partial charge is 0.326 e. The first-order valence-corrected chi connectivity index (χ1v) is 25.7. The van der Waals surface area contributed by atoms with E-state index >= 15 is 0 Å². The highest BCUT2D eigenvalue weighted by Crippen LogP contribution is 2.20. The molecule has 0 aliphatic rings. The van der Waals surface area contributed by atoms with Crippen molar-refractivity contribution in [3.8, 4) is 0 Å². The predicted octanol–water partition coefficient (Wildman–Crippen LogP) is -8.19. The summed E-state index contributed by atoms with van der Waals surface area (Å²) in [6.45, 7) is 1.97. The lowest BCUT2D eigenvalue weighted by atomic mass is 10.0. The highest BCUT2D eigenvalue weighted by Gasteiger charge is 2.38. The zero-order valence-corrected chi connectivity index (χ0v) is 46.5. The number of nitrogens with two attached hydrogens (primary N) is 1. The van der Waals surface area contributed by atoms with Gasteiger partial charge in [-0.3, -0.25) is 86.3 Å². The van der Waals surface area contributed by atoms with E-state index in [0.717, 1.165) is 13.8 Å². The number of para-hydroxylation sites is 1. The number of benzene rings is 1. The monoisotopic (exact) mass is 1270 g/mol. The molecule has 0 radical (unpaired) electrons. The van der Waals surface area contributed by atoms with Gasteiger partial charge in [-0.25, -0.2) is 4.79 Å². The van der Waals surface area contributed by atoms with Crippen LogP contribution in [-0.4, -0.2) is 230 Å². The van der Waals surface area contributed by atoms with E-state index < -0.39 is 237 Å². The van der Waals surface area contributed by atoms with E-state index in [1.807, 2.05) is 26.6 Å². The molecule has 486 valence electrons. The molecule has 22 N–H and O–H groups in total. The fourth-order valence-corrected chi connectivity index (χ4v) is 7.68. The van der Waals surface area contributed by atoms with Gasteiger partial charge in [0, 0.05) is 23.5 Å². The normalized spacial score (nSPS) is 14.5. The Morgan fingerprint density at radius 1 is 0.348 bits per heavy atom. The Bertz CT molecular complexity index is 3110. The van der Waals surface area contributed by atoms with Gasteiger partial charge in [-0.1, -0.05) is 18.2 Å². The highest BCUT2D eigenvalue weighted by molar-refractivity contribution is 6.02. The number of fused-ring (bicyclic) bond motifs is 1. The van der Waals surface area contributed by atoms with Crippen LogP contribution in [0, 0.1) is 0 Å². The van der Waals surface area contributed by atoms with Gasteiger partial charge in [0.1, 0.15) is 60.4 Å². The number of rotatable bonds is 39. The van der Waals surface area contributed by atoms with Crippen LogP contribution in [0.5, 0.6) is 0 Å². The zero-order valence-electron chi connectivity index (χ0n) is 46.5. The summed E-state index contributed by atoms with van der Waals surface area (Å²) in [6, 6.07) is -16.3. The van der Waals surface area contributed by atoms with Gasteiger partial charge in [-0.2, -0.15) is 0 Å². The maximum absolute atomic E-state index is 14.1.